The Morgan fingerprint density at radius 3 is 2.25 bits per heavy atom. The van der Waals surface area contributed by atoms with E-state index in [1.165, 1.54) is 19.2 Å². The van der Waals surface area contributed by atoms with Crippen LogP contribution in [0.25, 0.3) is 0 Å². The largest absolute Gasteiger partial charge is 0.508 e. The minimum absolute atomic E-state index is 0.00215. The number of rotatable bonds is 6. The molecule has 2 aromatic carbocycles. The average Bonchev–Trinajstić information content (AvgIpc) is 2.73. The van der Waals surface area contributed by atoms with Gasteiger partial charge in [-0.3, -0.25) is 4.79 Å². The van der Waals surface area contributed by atoms with Gasteiger partial charge in [0.15, 0.2) is 5.78 Å². The van der Waals surface area contributed by atoms with Crippen LogP contribution in [0.15, 0.2) is 41.5 Å². The van der Waals surface area contributed by atoms with Crippen molar-refractivity contribution in [3.63, 3.8) is 0 Å². The quantitative estimate of drug-likeness (QED) is 0.537. The number of carbonyl (C=O) groups is 1. The summed E-state index contributed by atoms with van der Waals surface area (Å²) in [6.45, 7) is 7.76. The van der Waals surface area contributed by atoms with Gasteiger partial charge in [-0.15, -0.1) is 0 Å². The summed E-state index contributed by atoms with van der Waals surface area (Å²) in [7, 11) is 1.50. The molecule has 1 aliphatic rings. The molecule has 1 atom stereocenters. The first-order valence-electron chi connectivity index (χ1n) is 10.6. The standard InChI is InChI=1S/C26H30O6/c1-14(2)6-8-17-20(27)11-10-16(24(17)28)19-13-32-22-12-21(31-5)18(9-7-15(3)4)25(29)23(22)26(19)30/h6-7,10-12,19,27-29H,8-9,13H2,1-5H3/t19-/m1/s1. The summed E-state index contributed by atoms with van der Waals surface area (Å²) in [4.78, 5) is 13.5. The predicted molar refractivity (Wildman–Crippen MR) is 123 cm³/mol. The van der Waals surface area contributed by atoms with Crippen molar-refractivity contribution in [3.8, 4) is 28.7 Å². The molecular formula is C26H30O6. The van der Waals surface area contributed by atoms with Crippen LogP contribution >= 0.6 is 0 Å². The number of aromatic hydroxyl groups is 3. The van der Waals surface area contributed by atoms with E-state index in [4.69, 9.17) is 9.47 Å². The first-order valence-corrected chi connectivity index (χ1v) is 10.6. The number of ketones is 1. The van der Waals surface area contributed by atoms with Gasteiger partial charge in [-0.25, -0.2) is 0 Å². The zero-order chi connectivity index (χ0) is 23.6. The SMILES string of the molecule is COc1cc2c(c(O)c1CC=C(C)C)C(=O)[C@@H](c1ccc(O)c(CC=C(C)C)c1O)CO2. The normalized spacial score (nSPS) is 14.9. The Labute approximate surface area is 188 Å². The lowest BCUT2D eigenvalue weighted by molar-refractivity contribution is 0.0889. The molecule has 3 rings (SSSR count). The molecule has 3 N–H and O–H groups in total. The molecule has 0 saturated carbocycles. The topological polar surface area (TPSA) is 96.2 Å². The van der Waals surface area contributed by atoms with Gasteiger partial charge in [0.25, 0.3) is 0 Å². The molecule has 0 spiro atoms. The molecule has 0 saturated heterocycles. The molecule has 6 heteroatoms. The highest BCUT2D eigenvalue weighted by molar-refractivity contribution is 6.07. The molecule has 6 nitrogen and oxygen atoms in total. The Morgan fingerprint density at radius 1 is 1.03 bits per heavy atom. The summed E-state index contributed by atoms with van der Waals surface area (Å²) in [5, 5.41) is 32.1. The third kappa shape index (κ3) is 4.44. The van der Waals surface area contributed by atoms with Crippen LogP contribution in [-0.2, 0) is 12.8 Å². The number of methoxy groups -OCH3 is 1. The third-order valence-electron chi connectivity index (χ3n) is 5.61. The van der Waals surface area contributed by atoms with Crippen LogP contribution in [0.1, 0.15) is 60.7 Å². The number of phenols is 3. The van der Waals surface area contributed by atoms with Crippen LogP contribution in [0.3, 0.4) is 0 Å². The fourth-order valence-electron chi connectivity index (χ4n) is 3.79. The second kappa shape index (κ2) is 9.39. The summed E-state index contributed by atoms with van der Waals surface area (Å²) in [5.74, 6) is -0.806. The maximum atomic E-state index is 13.5. The van der Waals surface area contributed by atoms with E-state index in [9.17, 15) is 20.1 Å². The molecule has 0 bridgehead atoms. The van der Waals surface area contributed by atoms with Gasteiger partial charge in [0.2, 0.25) is 0 Å². The van der Waals surface area contributed by atoms with Crippen LogP contribution in [0.4, 0.5) is 0 Å². The van der Waals surface area contributed by atoms with Gasteiger partial charge in [-0.05, 0) is 46.6 Å². The lowest BCUT2D eigenvalue weighted by Crippen LogP contribution is -2.26. The molecule has 2 aromatic rings. The monoisotopic (exact) mass is 438 g/mol. The van der Waals surface area contributed by atoms with Gasteiger partial charge in [0, 0.05) is 22.8 Å². The van der Waals surface area contributed by atoms with Crippen molar-refractivity contribution in [2.24, 2.45) is 0 Å². The average molecular weight is 439 g/mol. The van der Waals surface area contributed by atoms with Crippen molar-refractivity contribution in [2.75, 3.05) is 13.7 Å². The van der Waals surface area contributed by atoms with Gasteiger partial charge in [0.1, 0.15) is 40.9 Å². The Balaban J connectivity index is 2.07. The zero-order valence-corrected chi connectivity index (χ0v) is 19.2. The highest BCUT2D eigenvalue weighted by Crippen LogP contribution is 2.46. The van der Waals surface area contributed by atoms with Gasteiger partial charge in [-0.1, -0.05) is 29.4 Å². The summed E-state index contributed by atoms with van der Waals surface area (Å²) in [6.07, 6.45) is 4.57. The lowest BCUT2D eigenvalue weighted by Gasteiger charge is -2.27. The van der Waals surface area contributed by atoms with E-state index < -0.39 is 5.92 Å². The van der Waals surface area contributed by atoms with Crippen LogP contribution in [0.5, 0.6) is 28.7 Å². The van der Waals surface area contributed by atoms with Crippen LogP contribution in [0.2, 0.25) is 0 Å². The molecule has 0 unspecified atom stereocenters. The van der Waals surface area contributed by atoms with E-state index in [-0.39, 0.29) is 41.0 Å². The van der Waals surface area contributed by atoms with E-state index in [0.717, 1.165) is 11.1 Å². The van der Waals surface area contributed by atoms with Crippen molar-refractivity contribution in [1.29, 1.82) is 0 Å². The third-order valence-corrected chi connectivity index (χ3v) is 5.61. The Kier molecular flexibility index (Phi) is 6.82. The van der Waals surface area contributed by atoms with E-state index >= 15 is 0 Å². The van der Waals surface area contributed by atoms with Gasteiger partial charge in [-0.2, -0.15) is 0 Å². The fraction of sp³-hybridized carbons (Fsp3) is 0.346. The number of hydrogen-bond donors (Lipinski definition) is 3. The second-order valence-electron chi connectivity index (χ2n) is 8.48. The van der Waals surface area contributed by atoms with Crippen molar-refractivity contribution in [3.05, 3.63) is 63.8 Å². The van der Waals surface area contributed by atoms with E-state index in [1.54, 1.807) is 6.07 Å². The molecule has 0 amide bonds. The number of allylic oxidation sites excluding steroid dienone is 4. The second-order valence-corrected chi connectivity index (χ2v) is 8.48. The molecule has 0 radical (unpaired) electrons. The minimum atomic E-state index is -0.816. The lowest BCUT2D eigenvalue weighted by atomic mass is 9.85. The smallest absolute Gasteiger partial charge is 0.181 e. The van der Waals surface area contributed by atoms with Crippen molar-refractivity contribution >= 4 is 5.78 Å². The molecule has 32 heavy (non-hydrogen) atoms. The maximum absolute atomic E-state index is 13.5. The van der Waals surface area contributed by atoms with Crippen molar-refractivity contribution in [2.45, 2.75) is 46.5 Å². The van der Waals surface area contributed by atoms with Gasteiger partial charge in [0.05, 0.1) is 13.0 Å². The maximum Gasteiger partial charge on any atom is 0.181 e. The number of carbonyl (C=O) groups excluding carboxylic acids is 1. The van der Waals surface area contributed by atoms with Crippen molar-refractivity contribution < 1.29 is 29.6 Å². The van der Waals surface area contributed by atoms with E-state index in [1.807, 2.05) is 39.8 Å². The van der Waals surface area contributed by atoms with E-state index in [0.29, 0.717) is 35.3 Å². The number of phenolic OH excluding ortho intramolecular Hbond substituents is 3. The first-order chi connectivity index (χ1) is 15.1. The Hall–Kier alpha value is -3.41. The first kappa shape index (κ1) is 23.3. The van der Waals surface area contributed by atoms with Gasteiger partial charge >= 0.3 is 0 Å². The number of ether oxygens (including phenoxy) is 2. The number of hydrogen-bond acceptors (Lipinski definition) is 6. The highest BCUT2D eigenvalue weighted by atomic mass is 16.5. The van der Waals surface area contributed by atoms with E-state index in [2.05, 4.69) is 0 Å². The molecule has 0 fully saturated rings. The van der Waals surface area contributed by atoms with Crippen LogP contribution < -0.4 is 9.47 Å². The molecule has 1 aliphatic heterocycles. The van der Waals surface area contributed by atoms with Crippen LogP contribution in [0, 0.1) is 0 Å². The Morgan fingerprint density at radius 2 is 1.66 bits per heavy atom. The van der Waals surface area contributed by atoms with Crippen molar-refractivity contribution in [1.82, 2.24) is 0 Å². The van der Waals surface area contributed by atoms with Crippen LogP contribution in [-0.4, -0.2) is 34.8 Å². The summed E-state index contributed by atoms with van der Waals surface area (Å²) in [6, 6.07) is 4.62. The summed E-state index contributed by atoms with van der Waals surface area (Å²) >= 11 is 0. The zero-order valence-electron chi connectivity index (χ0n) is 19.2. The molecule has 1 heterocycles. The molecule has 0 aromatic heterocycles. The summed E-state index contributed by atoms with van der Waals surface area (Å²) in [5.41, 5.74) is 3.41. The molecule has 170 valence electrons. The highest BCUT2D eigenvalue weighted by Gasteiger charge is 2.36. The minimum Gasteiger partial charge on any atom is -0.508 e. The Bertz CT molecular complexity index is 1100. The molecular weight excluding hydrogens is 408 g/mol. The molecule has 0 aliphatic carbocycles. The number of benzene rings is 2. The number of fused-ring (bicyclic) bond motifs is 1. The van der Waals surface area contributed by atoms with Gasteiger partial charge < -0.3 is 24.8 Å². The summed E-state index contributed by atoms with van der Waals surface area (Å²) < 4.78 is 11.2. The predicted octanol–water partition coefficient (Wildman–Crippen LogP) is 5.19. The fourth-order valence-corrected chi connectivity index (χ4v) is 3.79. The number of Topliss-reactive ketones (excluding diaryl/α,β-unsaturated/α-hetero) is 1.